The Labute approximate surface area is 124 Å². The van der Waals surface area contributed by atoms with E-state index in [0.29, 0.717) is 0 Å². The van der Waals surface area contributed by atoms with Gasteiger partial charge in [0.05, 0.1) is 6.10 Å². The number of benzene rings is 1. The van der Waals surface area contributed by atoms with Gasteiger partial charge >= 0.3 is 18.0 Å². The third kappa shape index (κ3) is 3.68. The van der Waals surface area contributed by atoms with Crippen LogP contribution in [0.15, 0.2) is 28.7 Å². The molecule has 0 amide bonds. The summed E-state index contributed by atoms with van der Waals surface area (Å²) in [5, 5.41) is 0. The van der Waals surface area contributed by atoms with Crippen LogP contribution in [-0.2, 0) is 4.74 Å². The Morgan fingerprint density at radius 1 is 1.00 bits per heavy atom. The fourth-order valence-corrected chi connectivity index (χ4v) is 2.24. The van der Waals surface area contributed by atoms with Gasteiger partial charge in [-0.15, -0.1) is 0 Å². The van der Waals surface area contributed by atoms with Crippen LogP contribution in [0, 0.1) is 0 Å². The molecular formula is C12H10BrF7O. The van der Waals surface area contributed by atoms with E-state index in [9.17, 15) is 30.7 Å². The van der Waals surface area contributed by atoms with Crippen LogP contribution >= 0.6 is 15.9 Å². The first-order valence-corrected chi connectivity index (χ1v) is 6.33. The maximum atomic E-state index is 13.7. The number of ether oxygens (including phenoxy) is 1. The molecule has 1 atom stereocenters. The lowest BCUT2D eigenvalue weighted by molar-refractivity contribution is -0.348. The van der Waals surface area contributed by atoms with Gasteiger partial charge in [0.2, 0.25) is 0 Å². The molecule has 0 bridgehead atoms. The second-order valence-electron chi connectivity index (χ2n) is 4.25. The lowest BCUT2D eigenvalue weighted by Crippen LogP contribution is -2.54. The minimum atomic E-state index is -6.09. The Morgan fingerprint density at radius 2 is 1.48 bits per heavy atom. The highest BCUT2D eigenvalue weighted by Gasteiger charge is 2.72. The van der Waals surface area contributed by atoms with Crippen LogP contribution in [0.25, 0.3) is 0 Å². The average molecular weight is 383 g/mol. The lowest BCUT2D eigenvalue weighted by atomic mass is 9.92. The molecule has 0 saturated heterocycles. The van der Waals surface area contributed by atoms with E-state index in [-0.39, 0.29) is 10.0 Å². The molecule has 1 rings (SSSR count). The molecule has 0 aliphatic carbocycles. The Kier molecular flexibility index (Phi) is 5.31. The zero-order chi connectivity index (χ0) is 16.5. The standard InChI is InChI=1S/C12H10BrF7O/c1-21-9(7-4-2-3-5-8(7)13)6-10(14,11(15,16)17)12(18,19)20/h2-5,9H,6H2,1H3. The second kappa shape index (κ2) is 6.12. The first kappa shape index (κ1) is 18.2. The highest BCUT2D eigenvalue weighted by atomic mass is 79.9. The number of hydrogen-bond donors (Lipinski definition) is 0. The van der Waals surface area contributed by atoms with Crippen molar-refractivity contribution in [1.29, 1.82) is 0 Å². The zero-order valence-corrected chi connectivity index (χ0v) is 12.1. The van der Waals surface area contributed by atoms with Gasteiger partial charge in [-0.05, 0) is 11.6 Å². The Bertz CT molecular complexity index is 469. The summed E-state index contributed by atoms with van der Waals surface area (Å²) in [6.45, 7) is 0. The first-order chi connectivity index (χ1) is 9.44. The smallest absolute Gasteiger partial charge is 0.377 e. The zero-order valence-electron chi connectivity index (χ0n) is 10.5. The van der Waals surface area contributed by atoms with E-state index in [1.165, 1.54) is 24.3 Å². The average Bonchev–Trinajstić information content (AvgIpc) is 2.34. The minimum Gasteiger partial charge on any atom is -0.377 e. The van der Waals surface area contributed by atoms with Gasteiger partial charge in [0, 0.05) is 18.0 Å². The maximum absolute atomic E-state index is 13.7. The molecule has 1 aromatic rings. The summed E-state index contributed by atoms with van der Waals surface area (Å²) in [5.74, 6) is 0. The molecule has 0 fully saturated rings. The van der Waals surface area contributed by atoms with Crippen molar-refractivity contribution in [1.82, 2.24) is 0 Å². The third-order valence-electron chi connectivity index (χ3n) is 2.90. The Morgan fingerprint density at radius 3 is 1.86 bits per heavy atom. The van der Waals surface area contributed by atoms with Crippen LogP contribution in [0.3, 0.4) is 0 Å². The number of methoxy groups -OCH3 is 1. The van der Waals surface area contributed by atoms with Gasteiger partial charge in [-0.2, -0.15) is 26.3 Å². The van der Waals surface area contributed by atoms with E-state index in [1.54, 1.807) is 0 Å². The van der Waals surface area contributed by atoms with Crippen LogP contribution in [0.2, 0.25) is 0 Å². The van der Waals surface area contributed by atoms with E-state index in [0.717, 1.165) is 7.11 Å². The van der Waals surface area contributed by atoms with Crippen LogP contribution in [0.1, 0.15) is 18.1 Å². The van der Waals surface area contributed by atoms with Crippen molar-refractivity contribution in [2.24, 2.45) is 0 Å². The Balaban J connectivity index is 3.22. The van der Waals surface area contributed by atoms with Crippen molar-refractivity contribution in [3.63, 3.8) is 0 Å². The van der Waals surface area contributed by atoms with Gasteiger partial charge < -0.3 is 4.74 Å². The van der Waals surface area contributed by atoms with Crippen molar-refractivity contribution in [3.8, 4) is 0 Å². The predicted molar refractivity (Wildman–Crippen MR) is 64.5 cm³/mol. The second-order valence-corrected chi connectivity index (χ2v) is 5.10. The molecule has 1 aromatic carbocycles. The number of rotatable bonds is 4. The van der Waals surface area contributed by atoms with Crippen molar-refractivity contribution in [2.45, 2.75) is 30.5 Å². The summed E-state index contributed by atoms with van der Waals surface area (Å²) >= 11 is 2.98. The third-order valence-corrected chi connectivity index (χ3v) is 3.62. The molecule has 1 unspecified atom stereocenters. The highest BCUT2D eigenvalue weighted by molar-refractivity contribution is 9.10. The van der Waals surface area contributed by atoms with Crippen LogP contribution in [-0.4, -0.2) is 25.1 Å². The summed E-state index contributed by atoms with van der Waals surface area (Å²) < 4.78 is 93.9. The molecular weight excluding hydrogens is 373 g/mol. The molecule has 0 heterocycles. The van der Waals surface area contributed by atoms with Crippen molar-refractivity contribution >= 4 is 15.9 Å². The van der Waals surface area contributed by atoms with E-state index < -0.39 is 30.5 Å². The van der Waals surface area contributed by atoms with Crippen LogP contribution in [0.5, 0.6) is 0 Å². The quantitative estimate of drug-likeness (QED) is 0.637. The molecule has 0 aromatic heterocycles. The summed E-state index contributed by atoms with van der Waals surface area (Å²) in [4.78, 5) is 0. The highest BCUT2D eigenvalue weighted by Crippen LogP contribution is 2.51. The molecule has 0 aliphatic heterocycles. The summed E-state index contributed by atoms with van der Waals surface area (Å²) in [6, 6.07) is 5.57. The van der Waals surface area contributed by atoms with Crippen LogP contribution in [0.4, 0.5) is 30.7 Å². The SMILES string of the molecule is COC(CC(F)(C(F)(F)F)C(F)(F)F)c1ccccc1Br. The fourth-order valence-electron chi connectivity index (χ4n) is 1.70. The van der Waals surface area contributed by atoms with E-state index >= 15 is 0 Å². The summed E-state index contributed by atoms with van der Waals surface area (Å²) in [6.07, 6.45) is -15.8. The van der Waals surface area contributed by atoms with Crippen LogP contribution < -0.4 is 0 Å². The summed E-state index contributed by atoms with van der Waals surface area (Å²) in [7, 11) is 0.914. The molecule has 120 valence electrons. The van der Waals surface area contributed by atoms with Gasteiger partial charge in [-0.3, -0.25) is 0 Å². The van der Waals surface area contributed by atoms with Gasteiger partial charge in [0.15, 0.2) is 0 Å². The molecule has 0 N–H and O–H groups in total. The van der Waals surface area contributed by atoms with Gasteiger partial charge in [0.1, 0.15) is 0 Å². The van der Waals surface area contributed by atoms with Crippen molar-refractivity contribution in [3.05, 3.63) is 34.3 Å². The monoisotopic (exact) mass is 382 g/mol. The van der Waals surface area contributed by atoms with E-state index in [4.69, 9.17) is 0 Å². The van der Waals surface area contributed by atoms with Gasteiger partial charge in [-0.25, -0.2) is 4.39 Å². The molecule has 1 nitrogen and oxygen atoms in total. The maximum Gasteiger partial charge on any atom is 0.431 e. The Hall–Kier alpha value is -0.830. The molecule has 0 saturated carbocycles. The molecule has 0 aliphatic rings. The van der Waals surface area contributed by atoms with E-state index in [2.05, 4.69) is 20.7 Å². The van der Waals surface area contributed by atoms with Gasteiger partial charge in [-0.1, -0.05) is 34.1 Å². The largest absolute Gasteiger partial charge is 0.431 e. The topological polar surface area (TPSA) is 9.23 Å². The number of alkyl halides is 7. The van der Waals surface area contributed by atoms with Gasteiger partial charge in [0.25, 0.3) is 0 Å². The first-order valence-electron chi connectivity index (χ1n) is 5.53. The fraction of sp³-hybridized carbons (Fsp3) is 0.500. The lowest BCUT2D eigenvalue weighted by Gasteiger charge is -2.32. The van der Waals surface area contributed by atoms with Crippen molar-refractivity contribution in [2.75, 3.05) is 7.11 Å². The number of halogens is 8. The molecule has 0 spiro atoms. The molecule has 9 heteroatoms. The van der Waals surface area contributed by atoms with E-state index in [1.807, 2.05) is 0 Å². The minimum absolute atomic E-state index is 0.00414. The predicted octanol–water partition coefficient (Wildman–Crippen LogP) is 5.36. The van der Waals surface area contributed by atoms with Crippen molar-refractivity contribution < 1.29 is 35.5 Å². The molecule has 0 radical (unpaired) electrons. The number of hydrogen-bond acceptors (Lipinski definition) is 1. The molecule has 21 heavy (non-hydrogen) atoms. The normalized spacial score (nSPS) is 15.1. The summed E-state index contributed by atoms with van der Waals surface area (Å²) in [5.41, 5.74) is -5.36.